The minimum Gasteiger partial charge on any atom is -0.348 e. The summed E-state index contributed by atoms with van der Waals surface area (Å²) in [5, 5.41) is 2.91. The molecule has 0 rings (SSSR count). The van der Waals surface area contributed by atoms with Crippen LogP contribution in [0.25, 0.3) is 0 Å². The summed E-state index contributed by atoms with van der Waals surface area (Å²) >= 11 is 1.61. The van der Waals surface area contributed by atoms with Crippen LogP contribution in [-0.2, 0) is 14.4 Å². The van der Waals surface area contributed by atoms with E-state index < -0.39 is 6.04 Å². The number of Topliss-reactive ketones (excluding diaryl/α,β-unsaturated/α-hetero) is 2. The maximum absolute atomic E-state index is 11.7. The summed E-state index contributed by atoms with van der Waals surface area (Å²) in [6, 6.07) is -0.468. The number of thioether (sulfide) groups is 1. The lowest BCUT2D eigenvalue weighted by molar-refractivity contribution is -0.125. The molecule has 0 aromatic carbocycles. The Morgan fingerprint density at radius 1 is 1.31 bits per heavy atom. The Bertz CT molecular complexity index is 254. The van der Waals surface area contributed by atoms with Crippen LogP contribution in [0.4, 0.5) is 0 Å². The fourth-order valence-electron chi connectivity index (χ4n) is 1.08. The van der Waals surface area contributed by atoms with E-state index in [0.717, 1.165) is 0 Å². The van der Waals surface area contributed by atoms with E-state index in [1.54, 1.807) is 11.8 Å². The van der Waals surface area contributed by atoms with E-state index >= 15 is 0 Å². The van der Waals surface area contributed by atoms with Crippen LogP contribution in [0.15, 0.2) is 0 Å². The molecular weight excluding hydrogens is 226 g/mol. The van der Waals surface area contributed by atoms with Crippen molar-refractivity contribution in [1.29, 1.82) is 0 Å². The Morgan fingerprint density at radius 2 is 1.94 bits per heavy atom. The predicted octanol–water partition coefficient (Wildman–Crippen LogP) is 1.18. The highest BCUT2D eigenvalue weighted by molar-refractivity contribution is 7.99. The van der Waals surface area contributed by atoms with Crippen molar-refractivity contribution >= 4 is 29.7 Å². The Labute approximate surface area is 101 Å². The number of amides is 1. The number of rotatable bonds is 9. The first-order chi connectivity index (χ1) is 7.47. The molecule has 92 valence electrons. The van der Waals surface area contributed by atoms with Gasteiger partial charge in [-0.25, -0.2) is 0 Å². The number of ketones is 2. The third kappa shape index (κ3) is 7.45. The van der Waals surface area contributed by atoms with Gasteiger partial charge >= 0.3 is 0 Å². The van der Waals surface area contributed by atoms with Gasteiger partial charge in [-0.05, 0) is 12.2 Å². The zero-order chi connectivity index (χ0) is 12.6. The normalized spacial score (nSPS) is 12.2. The maximum atomic E-state index is 11.7. The van der Waals surface area contributed by atoms with Gasteiger partial charge in [-0.2, -0.15) is 11.8 Å². The van der Waals surface area contributed by atoms with Crippen LogP contribution in [0.3, 0.4) is 0 Å². The van der Waals surface area contributed by atoms with Gasteiger partial charge < -0.3 is 10.1 Å². The highest BCUT2D eigenvalue weighted by Gasteiger charge is 2.18. The molecule has 0 aromatic rings. The third-order valence-corrected chi connectivity index (χ3v) is 3.17. The van der Waals surface area contributed by atoms with Crippen molar-refractivity contribution in [1.82, 2.24) is 5.32 Å². The molecule has 16 heavy (non-hydrogen) atoms. The Hall–Kier alpha value is -0.840. The van der Waals surface area contributed by atoms with E-state index in [2.05, 4.69) is 5.32 Å². The Kier molecular flexibility index (Phi) is 7.89. The highest BCUT2D eigenvalue weighted by atomic mass is 32.2. The SMILES string of the molecule is CC(=O)CCC(=O)[C@H](CSC(C)C)NC=O. The van der Waals surface area contributed by atoms with Crippen molar-refractivity contribution in [2.45, 2.75) is 44.9 Å². The summed E-state index contributed by atoms with van der Waals surface area (Å²) in [6.07, 6.45) is 0.999. The molecule has 0 heterocycles. The summed E-state index contributed by atoms with van der Waals surface area (Å²) in [7, 11) is 0. The first-order valence-corrected chi connectivity index (χ1v) is 6.35. The topological polar surface area (TPSA) is 63.2 Å². The molecule has 4 nitrogen and oxygen atoms in total. The molecule has 0 fully saturated rings. The first-order valence-electron chi connectivity index (χ1n) is 5.30. The van der Waals surface area contributed by atoms with Gasteiger partial charge in [-0.15, -0.1) is 0 Å². The van der Waals surface area contributed by atoms with E-state index in [9.17, 15) is 14.4 Å². The van der Waals surface area contributed by atoms with Gasteiger partial charge in [-0.1, -0.05) is 13.8 Å². The minimum atomic E-state index is -0.468. The monoisotopic (exact) mass is 245 g/mol. The summed E-state index contributed by atoms with van der Waals surface area (Å²) in [5.74, 6) is 0.484. The van der Waals surface area contributed by atoms with Gasteiger partial charge in [0.2, 0.25) is 6.41 Å². The second-order valence-corrected chi connectivity index (χ2v) is 5.50. The van der Waals surface area contributed by atoms with Crippen molar-refractivity contribution in [2.24, 2.45) is 0 Å². The molecule has 0 aliphatic carbocycles. The fourth-order valence-corrected chi connectivity index (χ4v) is 1.94. The predicted molar refractivity (Wildman–Crippen MR) is 65.5 cm³/mol. The smallest absolute Gasteiger partial charge is 0.207 e. The largest absolute Gasteiger partial charge is 0.348 e. The molecule has 0 bridgehead atoms. The van der Waals surface area contributed by atoms with Gasteiger partial charge in [0.1, 0.15) is 5.78 Å². The van der Waals surface area contributed by atoms with E-state index in [4.69, 9.17) is 0 Å². The van der Waals surface area contributed by atoms with Gasteiger partial charge in [0.15, 0.2) is 5.78 Å². The minimum absolute atomic E-state index is 0.00489. The van der Waals surface area contributed by atoms with Gasteiger partial charge in [0.25, 0.3) is 0 Å². The molecule has 0 aliphatic rings. The molecule has 0 aromatic heterocycles. The fraction of sp³-hybridized carbons (Fsp3) is 0.727. The van der Waals surface area contributed by atoms with E-state index in [1.807, 2.05) is 13.8 Å². The number of nitrogens with one attached hydrogen (secondary N) is 1. The molecule has 0 spiro atoms. The Balaban J connectivity index is 4.11. The van der Waals surface area contributed by atoms with Crippen molar-refractivity contribution < 1.29 is 14.4 Å². The van der Waals surface area contributed by atoms with Gasteiger partial charge in [0.05, 0.1) is 6.04 Å². The van der Waals surface area contributed by atoms with Gasteiger partial charge in [-0.3, -0.25) is 9.59 Å². The second kappa shape index (κ2) is 8.33. The average molecular weight is 245 g/mol. The lowest BCUT2D eigenvalue weighted by atomic mass is 10.1. The molecular formula is C11H19NO3S. The standard InChI is InChI=1S/C11H19NO3S/c1-8(2)16-6-10(12-7-13)11(15)5-4-9(3)14/h7-8,10H,4-6H2,1-3H3,(H,12,13)/t10-/m0/s1. The molecule has 0 radical (unpaired) electrons. The maximum Gasteiger partial charge on any atom is 0.207 e. The lowest BCUT2D eigenvalue weighted by Gasteiger charge is -2.15. The van der Waals surface area contributed by atoms with Crippen molar-refractivity contribution in [3.63, 3.8) is 0 Å². The van der Waals surface area contributed by atoms with Crippen LogP contribution in [0.1, 0.15) is 33.6 Å². The molecule has 5 heteroatoms. The van der Waals surface area contributed by atoms with E-state index in [-0.39, 0.29) is 24.4 Å². The molecule has 1 amide bonds. The van der Waals surface area contributed by atoms with Crippen molar-refractivity contribution in [2.75, 3.05) is 5.75 Å². The van der Waals surface area contributed by atoms with Crippen molar-refractivity contribution in [3.05, 3.63) is 0 Å². The molecule has 0 saturated carbocycles. The first kappa shape index (κ1) is 15.2. The summed E-state index contributed by atoms with van der Waals surface area (Å²) in [4.78, 5) is 32.8. The van der Waals surface area contributed by atoms with Crippen molar-refractivity contribution in [3.8, 4) is 0 Å². The van der Waals surface area contributed by atoms with E-state index in [0.29, 0.717) is 17.4 Å². The summed E-state index contributed by atoms with van der Waals surface area (Å²) in [5.41, 5.74) is 0. The summed E-state index contributed by atoms with van der Waals surface area (Å²) in [6.45, 7) is 5.52. The highest BCUT2D eigenvalue weighted by Crippen LogP contribution is 2.12. The molecule has 0 saturated heterocycles. The van der Waals surface area contributed by atoms with Crippen LogP contribution in [0.2, 0.25) is 0 Å². The second-order valence-electron chi connectivity index (χ2n) is 3.89. The number of hydrogen-bond acceptors (Lipinski definition) is 4. The molecule has 0 aliphatic heterocycles. The zero-order valence-electron chi connectivity index (χ0n) is 9.99. The number of carbonyl (C=O) groups is 3. The average Bonchev–Trinajstić information content (AvgIpc) is 2.20. The molecule has 1 atom stereocenters. The van der Waals surface area contributed by atoms with Crippen LogP contribution >= 0.6 is 11.8 Å². The Morgan fingerprint density at radius 3 is 2.38 bits per heavy atom. The van der Waals surface area contributed by atoms with Crippen LogP contribution in [0, 0.1) is 0 Å². The number of hydrogen-bond donors (Lipinski definition) is 1. The van der Waals surface area contributed by atoms with E-state index in [1.165, 1.54) is 6.92 Å². The van der Waals surface area contributed by atoms with Crippen LogP contribution < -0.4 is 5.32 Å². The van der Waals surface area contributed by atoms with Crippen LogP contribution in [0.5, 0.6) is 0 Å². The molecule has 1 N–H and O–H groups in total. The number of carbonyl (C=O) groups excluding carboxylic acids is 3. The zero-order valence-corrected chi connectivity index (χ0v) is 10.8. The molecule has 0 unspecified atom stereocenters. The summed E-state index contributed by atoms with van der Waals surface area (Å²) < 4.78 is 0. The quantitative estimate of drug-likeness (QED) is 0.620. The van der Waals surface area contributed by atoms with Crippen LogP contribution in [-0.4, -0.2) is 35.0 Å². The third-order valence-electron chi connectivity index (χ3n) is 1.98. The lowest BCUT2D eigenvalue weighted by Crippen LogP contribution is -2.38. The van der Waals surface area contributed by atoms with Gasteiger partial charge in [0, 0.05) is 18.6 Å².